The van der Waals surface area contributed by atoms with E-state index in [0.717, 1.165) is 0 Å². The molecule has 0 amide bonds. The second-order valence-corrected chi connectivity index (χ2v) is 4.84. The first-order valence-corrected chi connectivity index (χ1v) is 5.88. The molecule has 1 aromatic carbocycles. The molecule has 0 aliphatic heterocycles. The average molecular weight is 216 g/mol. The molecule has 2 rings (SSSR count). The number of hydrogen-bond donors (Lipinski definition) is 1. The zero-order valence-corrected chi connectivity index (χ0v) is 10.5. The van der Waals surface area contributed by atoms with Gasteiger partial charge in [0.05, 0.1) is 0 Å². The minimum Gasteiger partial charge on any atom is -0.345 e. The minimum atomic E-state index is 0.0867. The summed E-state index contributed by atoms with van der Waals surface area (Å²) in [6.07, 6.45) is 2.20. The highest BCUT2D eigenvalue weighted by molar-refractivity contribution is 5.87. The molecule has 1 atom stereocenters. The smallest absolute Gasteiger partial charge is 0.0488 e. The number of benzene rings is 1. The minimum absolute atomic E-state index is 0.0867. The van der Waals surface area contributed by atoms with E-state index in [2.05, 4.69) is 49.7 Å². The van der Waals surface area contributed by atoms with Gasteiger partial charge in [-0.2, -0.15) is 0 Å². The molecule has 1 unspecified atom stereocenters. The van der Waals surface area contributed by atoms with Crippen LogP contribution in [0.4, 0.5) is 0 Å². The lowest BCUT2D eigenvalue weighted by atomic mass is 10.0. The van der Waals surface area contributed by atoms with Gasteiger partial charge in [-0.1, -0.05) is 12.1 Å². The quantitative estimate of drug-likeness (QED) is 0.817. The molecule has 0 aliphatic rings. The standard InChI is InChI=1S/C14H20N2/c1-9(2)16-8-12(11(4)15)14-10(3)6-5-7-13(14)16/h5-9,11H,15H2,1-4H3. The number of rotatable bonds is 2. The third-order valence-electron chi connectivity index (χ3n) is 3.14. The van der Waals surface area contributed by atoms with E-state index in [0.29, 0.717) is 6.04 Å². The first kappa shape index (κ1) is 11.2. The van der Waals surface area contributed by atoms with Gasteiger partial charge in [0, 0.05) is 29.2 Å². The molecule has 2 aromatic rings. The van der Waals surface area contributed by atoms with E-state index in [1.165, 1.54) is 22.0 Å². The summed E-state index contributed by atoms with van der Waals surface area (Å²) < 4.78 is 2.31. The van der Waals surface area contributed by atoms with E-state index >= 15 is 0 Å². The lowest BCUT2D eigenvalue weighted by molar-refractivity contribution is 0.618. The molecule has 0 fully saturated rings. The Kier molecular flexibility index (Phi) is 2.76. The summed E-state index contributed by atoms with van der Waals surface area (Å²) in [7, 11) is 0. The highest BCUT2D eigenvalue weighted by atomic mass is 15.0. The Labute approximate surface area is 97.1 Å². The van der Waals surface area contributed by atoms with Crippen LogP contribution in [0.1, 0.15) is 44.0 Å². The van der Waals surface area contributed by atoms with Gasteiger partial charge >= 0.3 is 0 Å². The Morgan fingerprint density at radius 3 is 2.44 bits per heavy atom. The van der Waals surface area contributed by atoms with E-state index in [4.69, 9.17) is 5.73 Å². The second kappa shape index (κ2) is 3.95. The molecule has 0 spiro atoms. The maximum absolute atomic E-state index is 6.05. The van der Waals surface area contributed by atoms with Crippen molar-refractivity contribution in [3.05, 3.63) is 35.5 Å². The Morgan fingerprint density at radius 1 is 1.19 bits per heavy atom. The molecule has 86 valence electrons. The Morgan fingerprint density at radius 2 is 1.88 bits per heavy atom. The Bertz CT molecular complexity index is 507. The van der Waals surface area contributed by atoms with Gasteiger partial charge in [0.15, 0.2) is 0 Å². The van der Waals surface area contributed by atoms with Gasteiger partial charge in [-0.05, 0) is 44.9 Å². The van der Waals surface area contributed by atoms with Crippen LogP contribution in [0.15, 0.2) is 24.4 Å². The van der Waals surface area contributed by atoms with E-state index in [1.54, 1.807) is 0 Å². The fourth-order valence-electron chi connectivity index (χ4n) is 2.30. The maximum Gasteiger partial charge on any atom is 0.0488 e. The summed E-state index contributed by atoms with van der Waals surface area (Å²) in [5.41, 5.74) is 9.90. The Hall–Kier alpha value is -1.28. The topological polar surface area (TPSA) is 30.9 Å². The van der Waals surface area contributed by atoms with Crippen molar-refractivity contribution >= 4 is 10.9 Å². The normalized spacial score (nSPS) is 13.6. The predicted molar refractivity (Wildman–Crippen MR) is 69.7 cm³/mol. The molecule has 0 saturated heterocycles. The van der Waals surface area contributed by atoms with Crippen molar-refractivity contribution in [1.82, 2.24) is 4.57 Å². The molecular weight excluding hydrogens is 196 g/mol. The summed E-state index contributed by atoms with van der Waals surface area (Å²) >= 11 is 0. The monoisotopic (exact) mass is 216 g/mol. The SMILES string of the molecule is Cc1cccc2c1c(C(C)N)cn2C(C)C. The van der Waals surface area contributed by atoms with E-state index in [9.17, 15) is 0 Å². The maximum atomic E-state index is 6.05. The van der Waals surface area contributed by atoms with Gasteiger partial charge in [0.1, 0.15) is 0 Å². The Balaban J connectivity index is 2.82. The van der Waals surface area contributed by atoms with Crippen molar-refractivity contribution < 1.29 is 0 Å². The van der Waals surface area contributed by atoms with Crippen LogP contribution in [0.25, 0.3) is 10.9 Å². The molecular formula is C14H20N2. The summed E-state index contributed by atoms with van der Waals surface area (Å²) in [6.45, 7) is 8.60. The van der Waals surface area contributed by atoms with Gasteiger partial charge in [0.25, 0.3) is 0 Å². The lowest BCUT2D eigenvalue weighted by Crippen LogP contribution is -2.04. The molecule has 1 aromatic heterocycles. The molecule has 2 heteroatoms. The number of nitrogens with zero attached hydrogens (tertiary/aromatic N) is 1. The van der Waals surface area contributed by atoms with E-state index < -0.39 is 0 Å². The summed E-state index contributed by atoms with van der Waals surface area (Å²) in [5.74, 6) is 0. The van der Waals surface area contributed by atoms with Gasteiger partial charge < -0.3 is 10.3 Å². The van der Waals surface area contributed by atoms with Crippen LogP contribution in [-0.2, 0) is 0 Å². The molecule has 0 bridgehead atoms. The molecule has 0 aliphatic carbocycles. The summed E-state index contributed by atoms with van der Waals surface area (Å²) in [5, 5.41) is 1.33. The van der Waals surface area contributed by atoms with Crippen LogP contribution in [0.2, 0.25) is 0 Å². The largest absolute Gasteiger partial charge is 0.345 e. The van der Waals surface area contributed by atoms with Crippen molar-refractivity contribution in [2.45, 2.75) is 39.8 Å². The van der Waals surface area contributed by atoms with Crippen LogP contribution >= 0.6 is 0 Å². The molecule has 0 saturated carbocycles. The van der Waals surface area contributed by atoms with Crippen LogP contribution in [-0.4, -0.2) is 4.57 Å². The van der Waals surface area contributed by atoms with Gasteiger partial charge in [0.2, 0.25) is 0 Å². The van der Waals surface area contributed by atoms with E-state index in [-0.39, 0.29) is 6.04 Å². The number of fused-ring (bicyclic) bond motifs is 1. The van der Waals surface area contributed by atoms with Crippen LogP contribution < -0.4 is 5.73 Å². The predicted octanol–water partition coefficient (Wildman–Crippen LogP) is 3.55. The van der Waals surface area contributed by atoms with Crippen molar-refractivity contribution in [1.29, 1.82) is 0 Å². The average Bonchev–Trinajstić information content (AvgIpc) is 2.58. The fourth-order valence-corrected chi connectivity index (χ4v) is 2.30. The first-order chi connectivity index (χ1) is 7.52. The second-order valence-electron chi connectivity index (χ2n) is 4.84. The highest BCUT2D eigenvalue weighted by Crippen LogP contribution is 2.30. The van der Waals surface area contributed by atoms with Crippen molar-refractivity contribution in [2.75, 3.05) is 0 Å². The van der Waals surface area contributed by atoms with E-state index in [1.807, 2.05) is 6.92 Å². The number of nitrogens with two attached hydrogens (primary N) is 1. The zero-order chi connectivity index (χ0) is 11.9. The van der Waals surface area contributed by atoms with Crippen molar-refractivity contribution in [3.8, 4) is 0 Å². The summed E-state index contributed by atoms with van der Waals surface area (Å²) in [6, 6.07) is 7.00. The van der Waals surface area contributed by atoms with Gasteiger partial charge in [-0.3, -0.25) is 0 Å². The van der Waals surface area contributed by atoms with Crippen molar-refractivity contribution in [3.63, 3.8) is 0 Å². The van der Waals surface area contributed by atoms with Crippen molar-refractivity contribution in [2.24, 2.45) is 5.73 Å². The molecule has 2 N–H and O–H groups in total. The molecule has 0 radical (unpaired) electrons. The molecule has 16 heavy (non-hydrogen) atoms. The third kappa shape index (κ3) is 1.63. The van der Waals surface area contributed by atoms with Gasteiger partial charge in [-0.15, -0.1) is 0 Å². The number of aromatic nitrogens is 1. The molecule has 2 nitrogen and oxygen atoms in total. The number of hydrogen-bond acceptors (Lipinski definition) is 1. The third-order valence-corrected chi connectivity index (χ3v) is 3.14. The summed E-state index contributed by atoms with van der Waals surface area (Å²) in [4.78, 5) is 0. The highest BCUT2D eigenvalue weighted by Gasteiger charge is 2.14. The molecule has 1 heterocycles. The van der Waals surface area contributed by atoms with Crippen LogP contribution in [0.3, 0.4) is 0 Å². The zero-order valence-electron chi connectivity index (χ0n) is 10.5. The van der Waals surface area contributed by atoms with Crippen LogP contribution in [0.5, 0.6) is 0 Å². The number of aryl methyl sites for hydroxylation is 1. The lowest BCUT2D eigenvalue weighted by Gasteiger charge is -2.09. The van der Waals surface area contributed by atoms with Gasteiger partial charge in [-0.25, -0.2) is 0 Å². The fraction of sp³-hybridized carbons (Fsp3) is 0.429. The first-order valence-electron chi connectivity index (χ1n) is 5.88. The van der Waals surface area contributed by atoms with Crippen LogP contribution in [0, 0.1) is 6.92 Å².